The van der Waals surface area contributed by atoms with E-state index in [1.807, 2.05) is 19.1 Å². The molecule has 0 radical (unpaired) electrons. The molecule has 0 saturated heterocycles. The number of para-hydroxylation sites is 1. The number of carbonyl (C=O) groups excluding carboxylic acids is 3. The molecule has 152 valence electrons. The minimum atomic E-state index is -0.963. The smallest absolute Gasteiger partial charge is 0.340 e. The molecule has 3 aromatic carbocycles. The van der Waals surface area contributed by atoms with Crippen LogP contribution in [0.2, 0.25) is 0 Å². The Kier molecular flexibility index (Phi) is 6.79. The van der Waals surface area contributed by atoms with Crippen molar-refractivity contribution in [3.8, 4) is 0 Å². The van der Waals surface area contributed by atoms with Gasteiger partial charge >= 0.3 is 5.97 Å². The zero-order chi connectivity index (χ0) is 21.7. The molecule has 3 rings (SSSR count). The molecule has 1 atom stereocenters. The van der Waals surface area contributed by atoms with Gasteiger partial charge in [-0.25, -0.2) is 4.79 Å². The van der Waals surface area contributed by atoms with Crippen LogP contribution in [0.5, 0.6) is 0 Å². The number of anilines is 1. The second kappa shape index (κ2) is 9.50. The van der Waals surface area contributed by atoms with Crippen LogP contribution in [0.4, 0.5) is 5.69 Å². The van der Waals surface area contributed by atoms with Crippen molar-refractivity contribution in [3.63, 3.8) is 0 Å². The third-order valence-electron chi connectivity index (χ3n) is 4.49. The maximum atomic E-state index is 12.7. The summed E-state index contributed by atoms with van der Waals surface area (Å²) in [7, 11) is 0. The van der Waals surface area contributed by atoms with Gasteiger partial charge < -0.3 is 10.1 Å². The van der Waals surface area contributed by atoms with Gasteiger partial charge in [-0.3, -0.25) is 9.59 Å². The van der Waals surface area contributed by atoms with E-state index in [2.05, 4.69) is 21.2 Å². The number of nitrogens with one attached hydrogen (secondary N) is 1. The fourth-order valence-corrected chi connectivity index (χ4v) is 3.06. The molecule has 5 nitrogen and oxygen atoms in total. The third kappa shape index (κ3) is 5.21. The fraction of sp³-hybridized carbons (Fsp3) is 0.125. The van der Waals surface area contributed by atoms with Gasteiger partial charge in [-0.1, -0.05) is 57.9 Å². The summed E-state index contributed by atoms with van der Waals surface area (Å²) >= 11 is 3.33. The van der Waals surface area contributed by atoms with E-state index in [-0.39, 0.29) is 17.3 Å². The molecule has 1 N–H and O–H groups in total. The van der Waals surface area contributed by atoms with E-state index in [1.165, 1.54) is 6.92 Å². The Morgan fingerprint density at radius 1 is 0.867 bits per heavy atom. The number of ether oxygens (including phenoxy) is 1. The van der Waals surface area contributed by atoms with E-state index >= 15 is 0 Å². The van der Waals surface area contributed by atoms with E-state index in [0.29, 0.717) is 16.8 Å². The topological polar surface area (TPSA) is 72.5 Å². The van der Waals surface area contributed by atoms with Gasteiger partial charge in [0.1, 0.15) is 0 Å². The lowest BCUT2D eigenvalue weighted by atomic mass is 10.1. The summed E-state index contributed by atoms with van der Waals surface area (Å²) in [6.45, 7) is 3.46. The van der Waals surface area contributed by atoms with Crippen LogP contribution < -0.4 is 5.32 Å². The summed E-state index contributed by atoms with van der Waals surface area (Å²) in [5, 5.41) is 2.73. The normalized spacial score (nSPS) is 11.4. The van der Waals surface area contributed by atoms with Crippen LogP contribution in [0.1, 0.15) is 43.6 Å². The van der Waals surface area contributed by atoms with Gasteiger partial charge in [-0.15, -0.1) is 0 Å². The molecule has 0 fully saturated rings. The number of aryl methyl sites for hydroxylation is 1. The highest BCUT2D eigenvalue weighted by molar-refractivity contribution is 9.10. The molecule has 6 heteroatoms. The Balaban J connectivity index is 1.73. The molecule has 30 heavy (non-hydrogen) atoms. The first-order valence-electron chi connectivity index (χ1n) is 9.33. The van der Waals surface area contributed by atoms with Gasteiger partial charge in [0.05, 0.1) is 11.3 Å². The molecule has 0 aliphatic rings. The average molecular weight is 466 g/mol. The fourth-order valence-electron chi connectivity index (χ4n) is 2.80. The van der Waals surface area contributed by atoms with Gasteiger partial charge in [-0.05, 0) is 50.2 Å². The highest BCUT2D eigenvalue weighted by Gasteiger charge is 2.22. The standard InChI is InChI=1S/C24H20BrNO4/c1-15-7-9-17(10-8-15)22(27)16(2)30-24(29)20-5-3-4-6-21(20)26-23(28)18-11-13-19(25)14-12-18/h3-14,16H,1-2H3,(H,26,28)/t16-/m1/s1. The molecule has 0 aliphatic heterocycles. The van der Waals surface area contributed by atoms with Crippen LogP contribution in [0.3, 0.4) is 0 Å². The van der Waals surface area contributed by atoms with Gasteiger partial charge in [0, 0.05) is 15.6 Å². The van der Waals surface area contributed by atoms with Crippen molar-refractivity contribution >= 4 is 39.3 Å². The summed E-state index contributed by atoms with van der Waals surface area (Å²) in [6, 6.07) is 20.4. The molecule has 0 spiro atoms. The van der Waals surface area contributed by atoms with Crippen molar-refractivity contribution in [2.24, 2.45) is 0 Å². The highest BCUT2D eigenvalue weighted by Crippen LogP contribution is 2.20. The summed E-state index contributed by atoms with van der Waals surface area (Å²) in [5.74, 6) is -1.33. The predicted molar refractivity (Wildman–Crippen MR) is 119 cm³/mol. The Morgan fingerprint density at radius 2 is 1.47 bits per heavy atom. The Morgan fingerprint density at radius 3 is 2.13 bits per heavy atom. The Bertz CT molecular complexity index is 1080. The number of esters is 1. The maximum absolute atomic E-state index is 12.7. The van der Waals surface area contributed by atoms with Gasteiger partial charge in [0.15, 0.2) is 6.10 Å². The molecule has 3 aromatic rings. The lowest BCUT2D eigenvalue weighted by molar-refractivity contribution is 0.0320. The molecule has 0 aliphatic carbocycles. The van der Waals surface area contributed by atoms with Gasteiger partial charge in [0.25, 0.3) is 5.91 Å². The quantitative estimate of drug-likeness (QED) is 0.388. The zero-order valence-electron chi connectivity index (χ0n) is 16.5. The van der Waals surface area contributed by atoms with Crippen LogP contribution in [-0.4, -0.2) is 23.8 Å². The zero-order valence-corrected chi connectivity index (χ0v) is 18.1. The summed E-state index contributed by atoms with van der Waals surface area (Å²) in [6.07, 6.45) is -0.963. The number of Topliss-reactive ketones (excluding diaryl/α,β-unsaturated/α-hetero) is 1. The SMILES string of the molecule is Cc1ccc(C(=O)[C@@H](C)OC(=O)c2ccccc2NC(=O)c2ccc(Br)cc2)cc1. The predicted octanol–water partition coefficient (Wildman–Crippen LogP) is 5.44. The van der Waals surface area contributed by atoms with E-state index in [4.69, 9.17) is 4.74 Å². The molecule has 1 amide bonds. The Hall–Kier alpha value is -3.25. The van der Waals surface area contributed by atoms with E-state index in [9.17, 15) is 14.4 Å². The van der Waals surface area contributed by atoms with Gasteiger partial charge in [-0.2, -0.15) is 0 Å². The minimum absolute atomic E-state index is 0.173. The molecule has 0 heterocycles. The summed E-state index contributed by atoms with van der Waals surface area (Å²) in [4.78, 5) is 37.8. The van der Waals surface area contributed by atoms with Crippen molar-refractivity contribution in [1.29, 1.82) is 0 Å². The van der Waals surface area contributed by atoms with Crippen molar-refractivity contribution < 1.29 is 19.1 Å². The molecule has 0 bridgehead atoms. The molecule has 0 saturated carbocycles. The van der Waals surface area contributed by atoms with E-state index < -0.39 is 12.1 Å². The van der Waals surface area contributed by atoms with Crippen LogP contribution in [0.25, 0.3) is 0 Å². The lowest BCUT2D eigenvalue weighted by Crippen LogP contribution is -2.25. The first kappa shape index (κ1) is 21.5. The van der Waals surface area contributed by atoms with Crippen molar-refractivity contribution in [3.05, 3.63) is 99.5 Å². The number of benzene rings is 3. The second-order valence-corrected chi connectivity index (χ2v) is 7.70. The van der Waals surface area contributed by atoms with Crippen LogP contribution in [0.15, 0.2) is 77.3 Å². The molecular weight excluding hydrogens is 446 g/mol. The lowest BCUT2D eigenvalue weighted by Gasteiger charge is -2.15. The Labute approximate surface area is 183 Å². The minimum Gasteiger partial charge on any atom is -0.451 e. The number of halogens is 1. The molecule has 0 aromatic heterocycles. The monoisotopic (exact) mass is 465 g/mol. The van der Waals surface area contributed by atoms with E-state index in [0.717, 1.165) is 10.0 Å². The first-order valence-corrected chi connectivity index (χ1v) is 10.1. The first-order chi connectivity index (χ1) is 14.3. The number of amides is 1. The van der Waals surface area contributed by atoms with Crippen LogP contribution in [-0.2, 0) is 4.74 Å². The van der Waals surface area contributed by atoms with Crippen molar-refractivity contribution in [2.75, 3.05) is 5.32 Å². The van der Waals surface area contributed by atoms with Crippen LogP contribution in [0, 0.1) is 6.92 Å². The number of ketones is 1. The number of carbonyl (C=O) groups is 3. The van der Waals surface area contributed by atoms with Crippen molar-refractivity contribution in [1.82, 2.24) is 0 Å². The number of rotatable bonds is 6. The summed E-state index contributed by atoms with van der Waals surface area (Å²) in [5.41, 5.74) is 2.44. The third-order valence-corrected chi connectivity index (χ3v) is 5.02. The van der Waals surface area contributed by atoms with E-state index in [1.54, 1.807) is 60.7 Å². The largest absolute Gasteiger partial charge is 0.451 e. The molecular formula is C24H20BrNO4. The summed E-state index contributed by atoms with van der Waals surface area (Å²) < 4.78 is 6.24. The highest BCUT2D eigenvalue weighted by atomic mass is 79.9. The number of hydrogen-bond donors (Lipinski definition) is 1. The maximum Gasteiger partial charge on any atom is 0.340 e. The number of hydrogen-bond acceptors (Lipinski definition) is 4. The van der Waals surface area contributed by atoms with Crippen molar-refractivity contribution in [2.45, 2.75) is 20.0 Å². The van der Waals surface area contributed by atoms with Crippen LogP contribution >= 0.6 is 15.9 Å². The van der Waals surface area contributed by atoms with Gasteiger partial charge in [0.2, 0.25) is 5.78 Å². The second-order valence-electron chi connectivity index (χ2n) is 6.78. The average Bonchev–Trinajstić information content (AvgIpc) is 2.74. The molecule has 0 unspecified atom stereocenters.